The van der Waals surface area contributed by atoms with Crippen LogP contribution in [0.1, 0.15) is 67.2 Å². The Morgan fingerprint density at radius 2 is 1.05 bits per heavy atom. The van der Waals surface area contributed by atoms with Gasteiger partial charge in [0.05, 0.1) is 0 Å². The van der Waals surface area contributed by atoms with E-state index in [2.05, 4.69) is 0 Å². The first kappa shape index (κ1) is 18.8. The Labute approximate surface area is 115 Å². The first-order chi connectivity index (χ1) is 8.55. The molecule has 1 nitrogen and oxygen atoms in total. The molecule has 4 heteroatoms. The van der Waals surface area contributed by atoms with Crippen LogP contribution in [0.4, 0.5) is 13.2 Å². The summed E-state index contributed by atoms with van der Waals surface area (Å²) in [6.07, 6.45) is 1.00. The normalized spacial score (nSPS) is 17.4. The second-order valence-corrected chi connectivity index (χ2v) is 5.91. The molecule has 0 fully saturated rings. The van der Waals surface area contributed by atoms with Crippen LogP contribution in [0.3, 0.4) is 0 Å². The molecule has 0 spiro atoms. The summed E-state index contributed by atoms with van der Waals surface area (Å²) in [7, 11) is 1.04. The van der Waals surface area contributed by atoms with E-state index in [0.29, 0.717) is 12.8 Å². The summed E-state index contributed by atoms with van der Waals surface area (Å²) in [6, 6.07) is 0. The Balaban J connectivity index is 5.93. The summed E-state index contributed by atoms with van der Waals surface area (Å²) >= 11 is 0. The summed E-state index contributed by atoms with van der Waals surface area (Å²) in [6.45, 7) is 9.76. The van der Waals surface area contributed by atoms with Crippen molar-refractivity contribution in [3.8, 4) is 0 Å². The lowest BCUT2D eigenvalue weighted by atomic mass is 9.65. The maximum atomic E-state index is 15.2. The van der Waals surface area contributed by atoms with E-state index in [-0.39, 0.29) is 12.8 Å². The summed E-state index contributed by atoms with van der Waals surface area (Å²) in [4.78, 5) is 0. The number of methoxy groups -OCH3 is 1. The van der Waals surface area contributed by atoms with Crippen LogP contribution in [0, 0.1) is 10.8 Å². The fourth-order valence-corrected chi connectivity index (χ4v) is 2.54. The van der Waals surface area contributed by atoms with Crippen LogP contribution in [0.5, 0.6) is 0 Å². The van der Waals surface area contributed by atoms with Gasteiger partial charge in [0.25, 0.3) is 5.85 Å². The average molecular weight is 282 g/mol. The number of hydrogen-bond acceptors (Lipinski definition) is 1. The third-order valence-corrected chi connectivity index (χ3v) is 5.34. The minimum absolute atomic E-state index is 0.203. The molecule has 0 aliphatic rings. The van der Waals surface area contributed by atoms with E-state index >= 15 is 4.39 Å². The van der Waals surface area contributed by atoms with Crippen molar-refractivity contribution in [2.24, 2.45) is 10.8 Å². The number of alkyl halides is 3. The van der Waals surface area contributed by atoms with Crippen molar-refractivity contribution >= 4 is 0 Å². The van der Waals surface area contributed by atoms with Crippen LogP contribution in [0.2, 0.25) is 0 Å². The zero-order valence-electron chi connectivity index (χ0n) is 13.4. The Hall–Kier alpha value is -0.250. The van der Waals surface area contributed by atoms with E-state index in [0.717, 1.165) is 7.11 Å². The van der Waals surface area contributed by atoms with Crippen LogP contribution < -0.4 is 0 Å². The van der Waals surface area contributed by atoms with Gasteiger partial charge in [-0.1, -0.05) is 41.5 Å². The van der Waals surface area contributed by atoms with E-state index in [4.69, 9.17) is 4.74 Å². The summed E-state index contributed by atoms with van der Waals surface area (Å²) in [5, 5.41) is 0. The molecule has 0 saturated carbocycles. The highest BCUT2D eigenvalue weighted by atomic mass is 19.3. The third-order valence-electron chi connectivity index (χ3n) is 5.34. The van der Waals surface area contributed by atoms with Crippen molar-refractivity contribution in [3.05, 3.63) is 0 Å². The molecule has 0 amide bonds. The van der Waals surface area contributed by atoms with Crippen LogP contribution in [0.25, 0.3) is 0 Å². The average Bonchev–Trinajstić information content (AvgIpc) is 2.43. The van der Waals surface area contributed by atoms with Gasteiger partial charge in [-0.3, -0.25) is 0 Å². The molecular weight excluding hydrogens is 253 g/mol. The SMILES string of the molecule is CCC(C)(CC)C(F)(F)C(F)(OC)C(C)(CC)CC. The molecule has 0 radical (unpaired) electrons. The lowest BCUT2D eigenvalue weighted by Gasteiger charge is -2.50. The molecule has 0 aromatic heterocycles. The van der Waals surface area contributed by atoms with Gasteiger partial charge in [-0.2, -0.15) is 8.78 Å². The Morgan fingerprint density at radius 3 is 1.26 bits per heavy atom. The van der Waals surface area contributed by atoms with Gasteiger partial charge >= 0.3 is 5.92 Å². The minimum atomic E-state index is -3.54. The van der Waals surface area contributed by atoms with Gasteiger partial charge in [-0.05, 0) is 25.7 Å². The maximum Gasteiger partial charge on any atom is 0.311 e. The number of rotatable bonds is 8. The Kier molecular flexibility index (Phi) is 5.95. The smallest absolute Gasteiger partial charge is 0.311 e. The molecule has 0 saturated heterocycles. The zero-order valence-corrected chi connectivity index (χ0v) is 13.4. The molecule has 0 aromatic carbocycles. The van der Waals surface area contributed by atoms with Crippen LogP contribution in [-0.4, -0.2) is 18.9 Å². The molecule has 0 aliphatic carbocycles. The lowest BCUT2D eigenvalue weighted by molar-refractivity contribution is -0.354. The van der Waals surface area contributed by atoms with Crippen molar-refractivity contribution in [3.63, 3.8) is 0 Å². The molecule has 19 heavy (non-hydrogen) atoms. The molecule has 1 atom stereocenters. The highest BCUT2D eigenvalue weighted by Gasteiger charge is 2.70. The van der Waals surface area contributed by atoms with Crippen molar-refractivity contribution in [2.45, 2.75) is 79.0 Å². The lowest BCUT2D eigenvalue weighted by Crippen LogP contribution is -2.63. The van der Waals surface area contributed by atoms with E-state index in [9.17, 15) is 8.78 Å². The van der Waals surface area contributed by atoms with E-state index in [1.165, 1.54) is 13.8 Å². The summed E-state index contributed by atoms with van der Waals surface area (Å²) in [5.74, 6) is -6.50. The van der Waals surface area contributed by atoms with E-state index in [1.807, 2.05) is 0 Å². The van der Waals surface area contributed by atoms with Gasteiger partial charge in [0.15, 0.2) is 0 Å². The number of halogens is 3. The van der Waals surface area contributed by atoms with Crippen molar-refractivity contribution in [1.29, 1.82) is 0 Å². The molecule has 0 rings (SSSR count). The molecule has 0 aliphatic heterocycles. The quantitative estimate of drug-likeness (QED) is 0.564. The van der Waals surface area contributed by atoms with Crippen LogP contribution >= 0.6 is 0 Å². The molecule has 116 valence electrons. The van der Waals surface area contributed by atoms with Crippen LogP contribution in [-0.2, 0) is 4.74 Å². The predicted molar refractivity (Wildman–Crippen MR) is 73.2 cm³/mol. The van der Waals surface area contributed by atoms with Crippen molar-refractivity contribution in [2.75, 3.05) is 7.11 Å². The predicted octanol–water partition coefficient (Wildman–Crippen LogP) is 5.59. The first-order valence-corrected chi connectivity index (χ1v) is 7.17. The van der Waals surface area contributed by atoms with Crippen molar-refractivity contribution < 1.29 is 17.9 Å². The largest absolute Gasteiger partial charge is 0.344 e. The monoisotopic (exact) mass is 282 g/mol. The Morgan fingerprint density at radius 1 is 0.737 bits per heavy atom. The van der Waals surface area contributed by atoms with Gasteiger partial charge in [0.2, 0.25) is 0 Å². The maximum absolute atomic E-state index is 15.2. The standard InChI is InChI=1S/C15H29F3O/c1-8-12(5,9-2)14(16,17)15(18,19-7)13(6,10-3)11-4/h8-11H2,1-7H3. The molecule has 0 heterocycles. The van der Waals surface area contributed by atoms with Crippen LogP contribution in [0.15, 0.2) is 0 Å². The molecule has 0 bridgehead atoms. The molecule has 0 aromatic rings. The van der Waals surface area contributed by atoms with E-state index < -0.39 is 22.6 Å². The second kappa shape index (κ2) is 6.02. The number of hydrogen-bond donors (Lipinski definition) is 0. The zero-order chi connectivity index (χ0) is 15.5. The first-order valence-electron chi connectivity index (χ1n) is 7.17. The summed E-state index contributed by atoms with van der Waals surface area (Å²) in [5.41, 5.74) is -2.62. The van der Waals surface area contributed by atoms with Gasteiger partial charge < -0.3 is 4.74 Å². The van der Waals surface area contributed by atoms with Gasteiger partial charge in [0.1, 0.15) is 0 Å². The molecular formula is C15H29F3O. The topological polar surface area (TPSA) is 9.23 Å². The van der Waals surface area contributed by atoms with E-state index in [1.54, 1.807) is 27.7 Å². The third kappa shape index (κ3) is 2.53. The minimum Gasteiger partial charge on any atom is -0.344 e. The fraction of sp³-hybridized carbons (Fsp3) is 1.00. The number of ether oxygens (including phenoxy) is 1. The molecule has 0 N–H and O–H groups in total. The van der Waals surface area contributed by atoms with Gasteiger partial charge in [0, 0.05) is 17.9 Å². The second-order valence-electron chi connectivity index (χ2n) is 5.91. The fourth-order valence-electron chi connectivity index (χ4n) is 2.54. The molecule has 1 unspecified atom stereocenters. The van der Waals surface area contributed by atoms with Crippen molar-refractivity contribution in [1.82, 2.24) is 0 Å². The Bertz CT molecular complexity index is 283. The highest BCUT2D eigenvalue weighted by molar-refractivity contribution is 5.05. The summed E-state index contributed by atoms with van der Waals surface area (Å²) < 4.78 is 49.8. The van der Waals surface area contributed by atoms with Gasteiger partial charge in [-0.15, -0.1) is 0 Å². The van der Waals surface area contributed by atoms with Gasteiger partial charge in [-0.25, -0.2) is 4.39 Å². The highest BCUT2D eigenvalue weighted by Crippen LogP contribution is 2.58.